The molecule has 1 aliphatic heterocycles. The van der Waals surface area contributed by atoms with E-state index < -0.39 is 0 Å². The van der Waals surface area contributed by atoms with Crippen molar-refractivity contribution in [2.75, 3.05) is 26.7 Å². The summed E-state index contributed by atoms with van der Waals surface area (Å²) in [7, 11) is 2.14. The molecule has 19 heavy (non-hydrogen) atoms. The van der Waals surface area contributed by atoms with Gasteiger partial charge in [0.05, 0.1) is 12.6 Å². The van der Waals surface area contributed by atoms with Gasteiger partial charge in [0.15, 0.2) is 5.82 Å². The zero-order valence-electron chi connectivity index (χ0n) is 11.2. The molecule has 1 saturated heterocycles. The topological polar surface area (TPSA) is 46.0 Å². The minimum Gasteiger partial charge on any atom is -0.312 e. The summed E-state index contributed by atoms with van der Waals surface area (Å²) < 4.78 is 2.13. The molecule has 0 amide bonds. The Labute approximate surface area is 113 Å². The Kier molecular flexibility index (Phi) is 3.57. The third-order valence-corrected chi connectivity index (χ3v) is 3.53. The molecule has 0 spiro atoms. The highest BCUT2D eigenvalue weighted by atomic mass is 15.3. The van der Waals surface area contributed by atoms with E-state index >= 15 is 0 Å². The molecule has 0 radical (unpaired) electrons. The first-order valence-corrected chi connectivity index (χ1v) is 6.66. The molecule has 1 atom stereocenters. The zero-order valence-corrected chi connectivity index (χ0v) is 11.2. The largest absolute Gasteiger partial charge is 0.312 e. The summed E-state index contributed by atoms with van der Waals surface area (Å²) in [5, 5.41) is 11.9. The molecule has 1 unspecified atom stereocenters. The van der Waals surface area contributed by atoms with Gasteiger partial charge in [-0.3, -0.25) is 0 Å². The van der Waals surface area contributed by atoms with E-state index in [1.807, 2.05) is 12.4 Å². The second-order valence-corrected chi connectivity index (χ2v) is 5.07. The van der Waals surface area contributed by atoms with E-state index in [2.05, 4.69) is 56.3 Å². The maximum atomic E-state index is 4.29. The van der Waals surface area contributed by atoms with Gasteiger partial charge in [0.25, 0.3) is 0 Å². The average Bonchev–Trinajstić information content (AvgIpc) is 2.88. The summed E-state index contributed by atoms with van der Waals surface area (Å²) in [6, 6.07) is 10.7. The fraction of sp³-hybridized carbons (Fsp3) is 0.429. The van der Waals surface area contributed by atoms with Gasteiger partial charge in [0.2, 0.25) is 0 Å². The van der Waals surface area contributed by atoms with Crippen LogP contribution in [0, 0.1) is 0 Å². The van der Waals surface area contributed by atoms with Gasteiger partial charge in [0.1, 0.15) is 6.33 Å². The Hall–Kier alpha value is -1.72. The summed E-state index contributed by atoms with van der Waals surface area (Å²) in [6.07, 6.45) is 1.82. The highest BCUT2D eigenvalue weighted by Gasteiger charge is 2.22. The molecule has 0 aliphatic carbocycles. The van der Waals surface area contributed by atoms with Crippen LogP contribution in [-0.2, 0) is 6.54 Å². The van der Waals surface area contributed by atoms with E-state index in [4.69, 9.17) is 0 Å². The highest BCUT2D eigenvalue weighted by molar-refractivity contribution is 5.16. The predicted octanol–water partition coefficient (Wildman–Crippen LogP) is 0.902. The van der Waals surface area contributed by atoms with Crippen molar-refractivity contribution < 1.29 is 0 Å². The Bertz CT molecular complexity index is 522. The van der Waals surface area contributed by atoms with Gasteiger partial charge in [-0.1, -0.05) is 30.3 Å². The van der Waals surface area contributed by atoms with Crippen molar-refractivity contribution in [1.82, 2.24) is 25.0 Å². The first kappa shape index (κ1) is 12.3. The van der Waals surface area contributed by atoms with E-state index in [0.717, 1.165) is 32.0 Å². The van der Waals surface area contributed by atoms with Gasteiger partial charge in [0, 0.05) is 19.6 Å². The second-order valence-electron chi connectivity index (χ2n) is 5.07. The fourth-order valence-electron chi connectivity index (χ4n) is 2.51. The van der Waals surface area contributed by atoms with Crippen LogP contribution < -0.4 is 5.32 Å². The number of piperazine rings is 1. The van der Waals surface area contributed by atoms with Crippen LogP contribution in [0.5, 0.6) is 0 Å². The van der Waals surface area contributed by atoms with Gasteiger partial charge in [-0.15, -0.1) is 10.2 Å². The van der Waals surface area contributed by atoms with Gasteiger partial charge >= 0.3 is 0 Å². The third kappa shape index (κ3) is 2.83. The van der Waals surface area contributed by atoms with Crippen molar-refractivity contribution in [3.8, 4) is 0 Å². The van der Waals surface area contributed by atoms with Gasteiger partial charge < -0.3 is 14.8 Å². The van der Waals surface area contributed by atoms with Crippen LogP contribution >= 0.6 is 0 Å². The maximum Gasteiger partial charge on any atom is 0.151 e. The SMILES string of the molecule is CN1CCNC(c2nncn2Cc2ccccc2)C1. The number of nitrogens with zero attached hydrogens (tertiary/aromatic N) is 4. The van der Waals surface area contributed by atoms with Gasteiger partial charge in [-0.2, -0.15) is 0 Å². The summed E-state index contributed by atoms with van der Waals surface area (Å²) in [5.41, 5.74) is 1.27. The summed E-state index contributed by atoms with van der Waals surface area (Å²) >= 11 is 0. The minimum atomic E-state index is 0.268. The molecule has 5 heteroatoms. The minimum absolute atomic E-state index is 0.268. The number of hydrogen-bond donors (Lipinski definition) is 1. The average molecular weight is 257 g/mol. The summed E-state index contributed by atoms with van der Waals surface area (Å²) in [5.74, 6) is 1.02. The van der Waals surface area contributed by atoms with Crippen LogP contribution in [0.3, 0.4) is 0 Å². The van der Waals surface area contributed by atoms with Crippen LogP contribution in [0.2, 0.25) is 0 Å². The van der Waals surface area contributed by atoms with Crippen molar-refractivity contribution in [3.05, 3.63) is 48.0 Å². The van der Waals surface area contributed by atoms with Gasteiger partial charge in [-0.05, 0) is 12.6 Å². The molecule has 5 nitrogen and oxygen atoms in total. The number of benzene rings is 1. The maximum absolute atomic E-state index is 4.29. The zero-order chi connectivity index (χ0) is 13.1. The Morgan fingerprint density at radius 2 is 2.16 bits per heavy atom. The Morgan fingerprint density at radius 1 is 1.32 bits per heavy atom. The quantitative estimate of drug-likeness (QED) is 0.887. The van der Waals surface area contributed by atoms with Crippen molar-refractivity contribution in [3.63, 3.8) is 0 Å². The third-order valence-electron chi connectivity index (χ3n) is 3.53. The van der Waals surface area contributed by atoms with Crippen molar-refractivity contribution in [2.45, 2.75) is 12.6 Å². The van der Waals surface area contributed by atoms with Crippen molar-refractivity contribution >= 4 is 0 Å². The van der Waals surface area contributed by atoms with Crippen molar-refractivity contribution in [1.29, 1.82) is 0 Å². The lowest BCUT2D eigenvalue weighted by atomic mass is 10.2. The summed E-state index contributed by atoms with van der Waals surface area (Å²) in [6.45, 7) is 3.89. The molecule has 1 aliphatic rings. The monoisotopic (exact) mass is 257 g/mol. The first-order chi connectivity index (χ1) is 9.33. The molecule has 3 rings (SSSR count). The predicted molar refractivity (Wildman–Crippen MR) is 73.8 cm³/mol. The smallest absolute Gasteiger partial charge is 0.151 e. The van der Waals surface area contributed by atoms with E-state index in [-0.39, 0.29) is 6.04 Å². The lowest BCUT2D eigenvalue weighted by molar-refractivity contribution is 0.232. The van der Waals surface area contributed by atoms with Crippen LogP contribution in [-0.4, -0.2) is 46.3 Å². The standard InChI is InChI=1S/C14H19N5/c1-18-8-7-15-13(10-18)14-17-16-11-19(14)9-12-5-3-2-4-6-12/h2-6,11,13,15H,7-10H2,1H3. The molecule has 0 saturated carbocycles. The first-order valence-electron chi connectivity index (χ1n) is 6.66. The molecule has 1 N–H and O–H groups in total. The number of aromatic nitrogens is 3. The normalized spacial score (nSPS) is 20.6. The van der Waals surface area contributed by atoms with Crippen LogP contribution in [0.15, 0.2) is 36.7 Å². The molecule has 1 fully saturated rings. The van der Waals surface area contributed by atoms with Crippen LogP contribution in [0.1, 0.15) is 17.4 Å². The molecular weight excluding hydrogens is 238 g/mol. The lowest BCUT2D eigenvalue weighted by Crippen LogP contribution is -2.44. The number of likely N-dealkylation sites (N-methyl/N-ethyl adjacent to an activating group) is 1. The Morgan fingerprint density at radius 3 is 2.95 bits per heavy atom. The molecule has 1 aromatic carbocycles. The molecule has 2 heterocycles. The van der Waals surface area contributed by atoms with Crippen LogP contribution in [0.4, 0.5) is 0 Å². The fourth-order valence-corrected chi connectivity index (χ4v) is 2.51. The number of nitrogens with one attached hydrogen (secondary N) is 1. The lowest BCUT2D eigenvalue weighted by Gasteiger charge is -2.30. The molecule has 1 aromatic heterocycles. The molecular formula is C14H19N5. The second kappa shape index (κ2) is 5.50. The summed E-state index contributed by atoms with van der Waals surface area (Å²) in [4.78, 5) is 2.32. The van der Waals surface area contributed by atoms with Crippen molar-refractivity contribution in [2.24, 2.45) is 0 Å². The van der Waals surface area contributed by atoms with Gasteiger partial charge in [-0.25, -0.2) is 0 Å². The number of rotatable bonds is 3. The molecule has 100 valence electrons. The van der Waals surface area contributed by atoms with E-state index in [1.54, 1.807) is 0 Å². The van der Waals surface area contributed by atoms with E-state index in [9.17, 15) is 0 Å². The van der Waals surface area contributed by atoms with Crippen LogP contribution in [0.25, 0.3) is 0 Å². The number of hydrogen-bond acceptors (Lipinski definition) is 4. The molecule has 0 bridgehead atoms. The molecule has 2 aromatic rings. The van der Waals surface area contributed by atoms with E-state index in [1.165, 1.54) is 5.56 Å². The Balaban J connectivity index is 1.78. The van der Waals surface area contributed by atoms with E-state index in [0.29, 0.717) is 0 Å². The highest BCUT2D eigenvalue weighted by Crippen LogP contribution is 2.15.